The molecule has 2 aromatic rings. The first-order chi connectivity index (χ1) is 13.3. The van der Waals surface area contributed by atoms with Crippen LogP contribution in [0.2, 0.25) is 0 Å². The lowest BCUT2D eigenvalue weighted by Crippen LogP contribution is -2.52. The number of benzene rings is 2. The Labute approximate surface area is 164 Å². The van der Waals surface area contributed by atoms with E-state index in [9.17, 15) is 18.0 Å². The smallest absolute Gasteiger partial charge is 0.339 e. The molecular formula is C20H22N2O5S. The van der Waals surface area contributed by atoms with Crippen LogP contribution >= 0.6 is 0 Å². The number of hydrogen-bond acceptors (Lipinski definition) is 5. The molecule has 1 heterocycles. The van der Waals surface area contributed by atoms with E-state index < -0.39 is 27.5 Å². The van der Waals surface area contributed by atoms with E-state index in [4.69, 9.17) is 4.74 Å². The van der Waals surface area contributed by atoms with Gasteiger partial charge in [-0.25, -0.2) is 17.9 Å². The number of fused-ring (bicyclic) bond motifs is 1. The van der Waals surface area contributed by atoms with Crippen molar-refractivity contribution in [3.63, 3.8) is 0 Å². The molecule has 7 nitrogen and oxygen atoms in total. The standard InChI is InChI=1S/C20H22N2O5S/c1-20(13-16-9-5-6-10-17(16)18(23)27-20)19(24)21-11-12-28(25,26)22-14-15-7-3-2-4-8-15/h2-10,22H,11-14H2,1H3,(H,21,24). The highest BCUT2D eigenvalue weighted by Crippen LogP contribution is 2.28. The molecule has 2 aromatic carbocycles. The minimum atomic E-state index is -3.56. The topological polar surface area (TPSA) is 102 Å². The SMILES string of the molecule is CC1(C(=O)NCCS(=O)(=O)NCc2ccccc2)Cc2ccccc2C(=O)O1. The predicted molar refractivity (Wildman–Crippen MR) is 104 cm³/mol. The molecule has 0 aromatic heterocycles. The maximum Gasteiger partial charge on any atom is 0.339 e. The van der Waals surface area contributed by atoms with Crippen molar-refractivity contribution in [1.82, 2.24) is 10.0 Å². The van der Waals surface area contributed by atoms with Gasteiger partial charge in [0.1, 0.15) is 0 Å². The highest BCUT2D eigenvalue weighted by atomic mass is 32.2. The number of sulfonamides is 1. The number of hydrogen-bond donors (Lipinski definition) is 2. The molecule has 0 aliphatic carbocycles. The molecule has 1 aliphatic rings. The molecule has 1 amide bonds. The van der Waals surface area contributed by atoms with Crippen LogP contribution in [0.25, 0.3) is 0 Å². The lowest BCUT2D eigenvalue weighted by atomic mass is 9.89. The van der Waals surface area contributed by atoms with E-state index in [0.717, 1.165) is 11.1 Å². The summed E-state index contributed by atoms with van der Waals surface area (Å²) >= 11 is 0. The van der Waals surface area contributed by atoms with Crippen LogP contribution in [0.3, 0.4) is 0 Å². The predicted octanol–water partition coefficient (Wildman–Crippen LogP) is 1.39. The number of carbonyl (C=O) groups excluding carboxylic acids is 2. The summed E-state index contributed by atoms with van der Waals surface area (Å²) in [5.74, 6) is -1.35. The Kier molecular flexibility index (Phi) is 5.81. The second-order valence-electron chi connectivity index (χ2n) is 6.84. The summed E-state index contributed by atoms with van der Waals surface area (Å²) in [4.78, 5) is 24.7. The Hall–Kier alpha value is -2.71. The van der Waals surface area contributed by atoms with Gasteiger partial charge in [-0.1, -0.05) is 48.5 Å². The van der Waals surface area contributed by atoms with E-state index in [-0.39, 0.29) is 25.3 Å². The molecule has 28 heavy (non-hydrogen) atoms. The van der Waals surface area contributed by atoms with Crippen molar-refractivity contribution in [3.05, 3.63) is 71.3 Å². The van der Waals surface area contributed by atoms with Gasteiger partial charge < -0.3 is 10.1 Å². The van der Waals surface area contributed by atoms with Gasteiger partial charge >= 0.3 is 5.97 Å². The van der Waals surface area contributed by atoms with Gasteiger partial charge in [0.05, 0.1) is 11.3 Å². The van der Waals surface area contributed by atoms with E-state index in [2.05, 4.69) is 10.0 Å². The third-order valence-corrected chi connectivity index (χ3v) is 5.88. The van der Waals surface area contributed by atoms with Gasteiger partial charge in [0, 0.05) is 19.5 Å². The fourth-order valence-electron chi connectivity index (χ4n) is 3.01. The number of cyclic esters (lactones) is 1. The fourth-order valence-corrected chi connectivity index (χ4v) is 3.91. The molecule has 0 bridgehead atoms. The van der Waals surface area contributed by atoms with Gasteiger partial charge in [-0.15, -0.1) is 0 Å². The number of rotatable bonds is 7. The summed E-state index contributed by atoms with van der Waals surface area (Å²) in [6.07, 6.45) is 0.236. The molecule has 1 atom stereocenters. The fraction of sp³-hybridized carbons (Fsp3) is 0.300. The van der Waals surface area contributed by atoms with Crippen LogP contribution < -0.4 is 10.0 Å². The van der Waals surface area contributed by atoms with Crippen molar-refractivity contribution < 1.29 is 22.7 Å². The van der Waals surface area contributed by atoms with E-state index in [1.54, 1.807) is 24.3 Å². The zero-order valence-corrected chi connectivity index (χ0v) is 16.3. The van der Waals surface area contributed by atoms with Crippen molar-refractivity contribution in [2.24, 2.45) is 0 Å². The number of ether oxygens (including phenoxy) is 1. The zero-order chi connectivity index (χ0) is 20.2. The molecule has 8 heteroatoms. The minimum Gasteiger partial charge on any atom is -0.445 e. The lowest BCUT2D eigenvalue weighted by Gasteiger charge is -2.33. The van der Waals surface area contributed by atoms with Crippen LogP contribution in [0.4, 0.5) is 0 Å². The molecule has 0 saturated heterocycles. The Morgan fingerprint density at radius 1 is 1.11 bits per heavy atom. The monoisotopic (exact) mass is 402 g/mol. The van der Waals surface area contributed by atoms with Crippen molar-refractivity contribution in [3.8, 4) is 0 Å². The Balaban J connectivity index is 1.53. The Morgan fingerprint density at radius 3 is 2.54 bits per heavy atom. The molecular weight excluding hydrogens is 380 g/mol. The van der Waals surface area contributed by atoms with Crippen molar-refractivity contribution in [2.75, 3.05) is 12.3 Å². The molecule has 0 fully saturated rings. The third-order valence-electron chi connectivity index (χ3n) is 4.56. The first-order valence-corrected chi connectivity index (χ1v) is 10.6. The van der Waals surface area contributed by atoms with E-state index >= 15 is 0 Å². The van der Waals surface area contributed by atoms with Crippen LogP contribution in [0.5, 0.6) is 0 Å². The maximum absolute atomic E-state index is 12.5. The van der Waals surface area contributed by atoms with Crippen LogP contribution in [0.1, 0.15) is 28.4 Å². The minimum absolute atomic E-state index is 0.0856. The lowest BCUT2D eigenvalue weighted by molar-refractivity contribution is -0.139. The summed E-state index contributed by atoms with van der Waals surface area (Å²) in [5.41, 5.74) is 0.650. The summed E-state index contributed by atoms with van der Waals surface area (Å²) in [7, 11) is -3.56. The summed E-state index contributed by atoms with van der Waals surface area (Å²) < 4.78 is 32.0. The largest absolute Gasteiger partial charge is 0.445 e. The number of carbonyl (C=O) groups is 2. The van der Waals surface area contributed by atoms with Gasteiger partial charge in [-0.2, -0.15) is 0 Å². The molecule has 0 saturated carbocycles. The highest BCUT2D eigenvalue weighted by molar-refractivity contribution is 7.89. The quantitative estimate of drug-likeness (QED) is 0.682. The van der Waals surface area contributed by atoms with Crippen molar-refractivity contribution >= 4 is 21.9 Å². The third kappa shape index (κ3) is 4.76. The van der Waals surface area contributed by atoms with Gasteiger partial charge in [0.25, 0.3) is 5.91 Å². The van der Waals surface area contributed by atoms with E-state index in [1.807, 2.05) is 30.3 Å². The molecule has 1 aliphatic heterocycles. The highest BCUT2D eigenvalue weighted by Gasteiger charge is 2.42. The van der Waals surface area contributed by atoms with E-state index in [0.29, 0.717) is 5.56 Å². The van der Waals surface area contributed by atoms with Crippen LogP contribution in [-0.4, -0.2) is 38.2 Å². The molecule has 0 radical (unpaired) electrons. The molecule has 3 rings (SSSR count). The second-order valence-corrected chi connectivity index (χ2v) is 8.76. The summed E-state index contributed by atoms with van der Waals surface area (Å²) in [5, 5.41) is 2.56. The van der Waals surface area contributed by atoms with E-state index in [1.165, 1.54) is 6.92 Å². The van der Waals surface area contributed by atoms with Crippen molar-refractivity contribution in [1.29, 1.82) is 0 Å². The normalized spacial score (nSPS) is 18.8. The Bertz CT molecular complexity index is 975. The van der Waals surface area contributed by atoms with Gasteiger partial charge in [-0.05, 0) is 24.1 Å². The summed E-state index contributed by atoms with van der Waals surface area (Å²) in [6.45, 7) is 1.62. The maximum atomic E-state index is 12.5. The van der Waals surface area contributed by atoms with Crippen molar-refractivity contribution in [2.45, 2.75) is 25.5 Å². The van der Waals surface area contributed by atoms with Crippen LogP contribution in [-0.2, 0) is 32.5 Å². The number of amides is 1. The average Bonchev–Trinajstić information content (AvgIpc) is 2.67. The molecule has 0 spiro atoms. The number of nitrogens with one attached hydrogen (secondary N) is 2. The molecule has 148 valence electrons. The first-order valence-electron chi connectivity index (χ1n) is 8.90. The Morgan fingerprint density at radius 2 is 1.79 bits per heavy atom. The van der Waals surface area contributed by atoms with Gasteiger partial charge in [0.15, 0.2) is 5.60 Å². The first kappa shape index (κ1) is 20.0. The number of esters is 1. The second kappa shape index (κ2) is 8.12. The van der Waals surface area contributed by atoms with Gasteiger partial charge in [0.2, 0.25) is 10.0 Å². The van der Waals surface area contributed by atoms with Gasteiger partial charge in [-0.3, -0.25) is 4.79 Å². The average molecular weight is 402 g/mol. The summed E-state index contributed by atoms with van der Waals surface area (Å²) in [6, 6.07) is 16.1. The van der Waals surface area contributed by atoms with Crippen LogP contribution in [0, 0.1) is 0 Å². The zero-order valence-electron chi connectivity index (χ0n) is 15.5. The van der Waals surface area contributed by atoms with Crippen LogP contribution in [0.15, 0.2) is 54.6 Å². The molecule has 2 N–H and O–H groups in total. The molecule has 1 unspecified atom stereocenters.